The zero-order valence-electron chi connectivity index (χ0n) is 11.7. The summed E-state index contributed by atoms with van der Waals surface area (Å²) in [4.78, 5) is 27.8. The van der Waals surface area contributed by atoms with Crippen molar-refractivity contribution in [2.75, 3.05) is 26.4 Å². The predicted molar refractivity (Wildman–Crippen MR) is 76.6 cm³/mol. The smallest absolute Gasteiger partial charge is 0.469 e. The molecule has 0 spiro atoms. The monoisotopic (exact) mass is 332 g/mol. The van der Waals surface area contributed by atoms with Gasteiger partial charge in [-0.1, -0.05) is 12.6 Å². The molecule has 22 heavy (non-hydrogen) atoms. The summed E-state index contributed by atoms with van der Waals surface area (Å²) in [5.74, 6) is 0.434. The van der Waals surface area contributed by atoms with E-state index in [4.69, 9.17) is 24.0 Å². The van der Waals surface area contributed by atoms with Gasteiger partial charge in [-0.2, -0.15) is 0 Å². The van der Waals surface area contributed by atoms with Crippen LogP contribution in [0.2, 0.25) is 0 Å². The first kappa shape index (κ1) is 18.2. The number of rotatable bonds is 10. The molecular formula is C13H17O8P. The first-order valence-electron chi connectivity index (χ1n) is 6.25. The molecule has 0 fully saturated rings. The van der Waals surface area contributed by atoms with E-state index < -0.39 is 13.8 Å². The fraction of sp³-hybridized carbons (Fsp3) is 0.308. The molecule has 2 N–H and O–H groups in total. The summed E-state index contributed by atoms with van der Waals surface area (Å²) in [5, 5.41) is 0. The summed E-state index contributed by atoms with van der Waals surface area (Å²) in [6.45, 7) is 3.26. The maximum Gasteiger partial charge on any atom is 0.469 e. The summed E-state index contributed by atoms with van der Waals surface area (Å²) in [7, 11) is -4.48. The second-order valence-electron chi connectivity index (χ2n) is 3.87. The Morgan fingerprint density at radius 1 is 1.14 bits per heavy atom. The second kappa shape index (κ2) is 9.22. The van der Waals surface area contributed by atoms with Crippen LogP contribution in [0, 0.1) is 0 Å². The molecule has 0 saturated carbocycles. The molecule has 0 amide bonds. The van der Waals surface area contributed by atoms with Crippen LogP contribution in [0.4, 0.5) is 0 Å². The minimum atomic E-state index is -4.48. The van der Waals surface area contributed by atoms with Gasteiger partial charge < -0.3 is 24.0 Å². The molecule has 122 valence electrons. The molecule has 1 aromatic rings. The summed E-state index contributed by atoms with van der Waals surface area (Å²) in [6, 6.07) is 6.62. The van der Waals surface area contributed by atoms with E-state index in [0.29, 0.717) is 11.5 Å². The number of phosphoric ester groups is 1. The van der Waals surface area contributed by atoms with Gasteiger partial charge in [0.25, 0.3) is 0 Å². The van der Waals surface area contributed by atoms with Crippen molar-refractivity contribution in [3.63, 3.8) is 0 Å². The third-order valence-corrected chi connectivity index (χ3v) is 2.70. The van der Waals surface area contributed by atoms with Crippen molar-refractivity contribution in [1.82, 2.24) is 0 Å². The number of hydrogen-bond acceptors (Lipinski definition) is 6. The van der Waals surface area contributed by atoms with Gasteiger partial charge >= 0.3 is 13.8 Å². The molecule has 0 aliphatic rings. The normalized spacial score (nSPS) is 10.8. The molecule has 0 radical (unpaired) electrons. The number of carbonyl (C=O) groups is 1. The van der Waals surface area contributed by atoms with Gasteiger partial charge in [0.05, 0.1) is 6.61 Å². The Morgan fingerprint density at radius 3 is 2.27 bits per heavy atom. The van der Waals surface area contributed by atoms with E-state index in [0.717, 1.165) is 6.08 Å². The zero-order valence-corrected chi connectivity index (χ0v) is 12.6. The SMILES string of the molecule is C=CC(=O)OCCOc1cccc(OCCOP(=O)(O)O)c1. The third-order valence-electron chi connectivity index (χ3n) is 2.18. The van der Waals surface area contributed by atoms with Gasteiger partial charge in [0.15, 0.2) is 0 Å². The summed E-state index contributed by atoms with van der Waals surface area (Å²) < 4.78 is 30.1. The molecule has 0 aliphatic carbocycles. The van der Waals surface area contributed by atoms with Gasteiger partial charge in [-0.05, 0) is 12.1 Å². The highest BCUT2D eigenvalue weighted by Gasteiger charge is 2.12. The molecular weight excluding hydrogens is 315 g/mol. The number of ether oxygens (including phenoxy) is 3. The van der Waals surface area contributed by atoms with Crippen molar-refractivity contribution in [3.05, 3.63) is 36.9 Å². The van der Waals surface area contributed by atoms with Crippen molar-refractivity contribution in [2.24, 2.45) is 0 Å². The van der Waals surface area contributed by atoms with E-state index in [2.05, 4.69) is 11.1 Å². The Bertz CT molecular complexity index is 539. The van der Waals surface area contributed by atoms with Crippen LogP contribution in [0.15, 0.2) is 36.9 Å². The van der Waals surface area contributed by atoms with E-state index in [1.165, 1.54) is 0 Å². The summed E-state index contributed by atoms with van der Waals surface area (Å²) in [5.41, 5.74) is 0. The fourth-order valence-electron chi connectivity index (χ4n) is 1.33. The minimum Gasteiger partial charge on any atom is -0.491 e. The molecule has 0 aliphatic heterocycles. The largest absolute Gasteiger partial charge is 0.491 e. The van der Waals surface area contributed by atoms with Crippen LogP contribution >= 0.6 is 7.82 Å². The van der Waals surface area contributed by atoms with Crippen molar-refractivity contribution in [2.45, 2.75) is 0 Å². The molecule has 0 atom stereocenters. The first-order chi connectivity index (χ1) is 10.4. The van der Waals surface area contributed by atoms with Crippen molar-refractivity contribution < 1.29 is 37.9 Å². The van der Waals surface area contributed by atoms with Gasteiger partial charge in [0.2, 0.25) is 0 Å². The zero-order chi connectivity index (χ0) is 16.4. The maximum atomic E-state index is 10.8. The first-order valence-corrected chi connectivity index (χ1v) is 7.78. The Balaban J connectivity index is 2.31. The van der Waals surface area contributed by atoms with Crippen LogP contribution in [0.25, 0.3) is 0 Å². The Morgan fingerprint density at radius 2 is 1.73 bits per heavy atom. The molecule has 0 bridgehead atoms. The lowest BCUT2D eigenvalue weighted by molar-refractivity contribution is -0.138. The van der Waals surface area contributed by atoms with Crippen molar-refractivity contribution in [1.29, 1.82) is 0 Å². The van der Waals surface area contributed by atoms with Crippen LogP contribution in [-0.2, 0) is 18.6 Å². The fourth-order valence-corrected chi connectivity index (χ4v) is 1.64. The number of benzene rings is 1. The maximum absolute atomic E-state index is 10.8. The van der Waals surface area contributed by atoms with Crippen LogP contribution < -0.4 is 9.47 Å². The number of phosphoric acid groups is 1. The second-order valence-corrected chi connectivity index (χ2v) is 5.11. The van der Waals surface area contributed by atoms with Gasteiger partial charge in [-0.25, -0.2) is 9.36 Å². The summed E-state index contributed by atoms with van der Waals surface area (Å²) >= 11 is 0. The van der Waals surface area contributed by atoms with Gasteiger partial charge in [-0.3, -0.25) is 4.52 Å². The lowest BCUT2D eigenvalue weighted by atomic mass is 10.3. The number of esters is 1. The lowest BCUT2D eigenvalue weighted by Gasteiger charge is -2.10. The van der Waals surface area contributed by atoms with Gasteiger partial charge in [-0.15, -0.1) is 0 Å². The molecule has 0 unspecified atom stereocenters. The highest BCUT2D eigenvalue weighted by molar-refractivity contribution is 7.46. The Hall–Kier alpha value is -1.86. The third kappa shape index (κ3) is 8.43. The average molecular weight is 332 g/mol. The average Bonchev–Trinajstić information content (AvgIpc) is 2.47. The van der Waals surface area contributed by atoms with E-state index in [-0.39, 0.29) is 26.4 Å². The Labute approximate surface area is 127 Å². The minimum absolute atomic E-state index is 0.0223. The molecule has 1 aromatic carbocycles. The number of hydrogen-bond donors (Lipinski definition) is 2. The van der Waals surface area contributed by atoms with Crippen LogP contribution in [0.1, 0.15) is 0 Å². The van der Waals surface area contributed by atoms with Crippen molar-refractivity contribution in [3.8, 4) is 11.5 Å². The predicted octanol–water partition coefficient (Wildman–Crippen LogP) is 1.28. The molecule has 0 aromatic heterocycles. The molecule has 1 rings (SSSR count). The van der Waals surface area contributed by atoms with Gasteiger partial charge in [0, 0.05) is 12.1 Å². The standard InChI is InChI=1S/C13H17O8P/c1-2-13(14)20-7-6-18-11-4-3-5-12(10-11)19-8-9-21-22(15,16)17/h2-5,10H,1,6-9H2,(H2,15,16,17). The van der Waals surface area contributed by atoms with E-state index in [9.17, 15) is 9.36 Å². The van der Waals surface area contributed by atoms with Crippen LogP contribution in [-0.4, -0.2) is 42.2 Å². The highest BCUT2D eigenvalue weighted by atomic mass is 31.2. The molecule has 9 heteroatoms. The lowest BCUT2D eigenvalue weighted by Crippen LogP contribution is -2.10. The van der Waals surface area contributed by atoms with Crippen LogP contribution in [0.5, 0.6) is 11.5 Å². The molecule has 0 heterocycles. The topological polar surface area (TPSA) is 112 Å². The highest BCUT2D eigenvalue weighted by Crippen LogP contribution is 2.35. The van der Waals surface area contributed by atoms with Gasteiger partial charge in [0.1, 0.15) is 31.3 Å². The summed E-state index contributed by atoms with van der Waals surface area (Å²) in [6.07, 6.45) is 1.06. The number of carbonyl (C=O) groups excluding carboxylic acids is 1. The quantitative estimate of drug-likeness (QED) is 0.285. The van der Waals surface area contributed by atoms with Crippen LogP contribution in [0.3, 0.4) is 0 Å². The van der Waals surface area contributed by atoms with E-state index in [1.54, 1.807) is 24.3 Å². The van der Waals surface area contributed by atoms with E-state index >= 15 is 0 Å². The molecule has 8 nitrogen and oxygen atoms in total. The van der Waals surface area contributed by atoms with E-state index in [1.807, 2.05) is 0 Å². The van der Waals surface area contributed by atoms with Crippen molar-refractivity contribution >= 4 is 13.8 Å². The molecule has 0 saturated heterocycles. The Kier molecular flexibility index (Phi) is 7.62.